The van der Waals surface area contributed by atoms with Crippen molar-refractivity contribution in [1.82, 2.24) is 15.5 Å². The van der Waals surface area contributed by atoms with Crippen LogP contribution in [0.3, 0.4) is 0 Å². The minimum Gasteiger partial charge on any atom is -0.357 e. The molecule has 0 aliphatic carbocycles. The number of nitrogens with zero attached hydrogens (tertiary/aromatic N) is 2. The highest BCUT2D eigenvalue weighted by Crippen LogP contribution is 2.31. The first kappa shape index (κ1) is 26.5. The van der Waals surface area contributed by atoms with E-state index in [1.165, 1.54) is 12.1 Å². The number of alkyl halides is 3. The quantitative estimate of drug-likeness (QED) is 0.212. The van der Waals surface area contributed by atoms with E-state index in [-0.39, 0.29) is 35.8 Å². The van der Waals surface area contributed by atoms with Gasteiger partial charge in [-0.05, 0) is 43.7 Å². The van der Waals surface area contributed by atoms with Crippen molar-refractivity contribution in [3.05, 3.63) is 35.4 Å². The van der Waals surface area contributed by atoms with E-state index in [0.717, 1.165) is 38.5 Å². The summed E-state index contributed by atoms with van der Waals surface area (Å²) >= 11 is 0. The Hall–Kier alpha value is -1.52. The Kier molecular flexibility index (Phi) is 11.5. The number of rotatable bonds is 9. The van der Waals surface area contributed by atoms with Crippen LogP contribution in [0.5, 0.6) is 0 Å². The predicted octanol–water partition coefficient (Wildman–Crippen LogP) is 4.38. The van der Waals surface area contributed by atoms with Crippen LogP contribution in [0.1, 0.15) is 56.6 Å². The Morgan fingerprint density at radius 1 is 1.30 bits per heavy atom. The van der Waals surface area contributed by atoms with Gasteiger partial charge in [0, 0.05) is 39.1 Å². The number of amides is 1. The molecule has 30 heavy (non-hydrogen) atoms. The van der Waals surface area contributed by atoms with Crippen LogP contribution in [-0.4, -0.2) is 49.5 Å². The van der Waals surface area contributed by atoms with E-state index in [9.17, 15) is 18.0 Å². The normalized spacial score (nSPS) is 15.7. The monoisotopic (exact) mass is 540 g/mol. The summed E-state index contributed by atoms with van der Waals surface area (Å²) in [5, 5.41) is 6.41. The fourth-order valence-corrected chi connectivity index (χ4v) is 3.33. The lowest BCUT2D eigenvalue weighted by Crippen LogP contribution is -2.38. The highest BCUT2D eigenvalue weighted by Gasteiger charge is 2.30. The van der Waals surface area contributed by atoms with Gasteiger partial charge in [0.1, 0.15) is 0 Å². The first-order chi connectivity index (χ1) is 13.8. The topological polar surface area (TPSA) is 56.7 Å². The molecule has 1 unspecified atom stereocenters. The molecular weight excluding hydrogens is 508 g/mol. The molecule has 1 atom stereocenters. The minimum atomic E-state index is -4.32. The average molecular weight is 540 g/mol. The Bertz CT molecular complexity index is 697. The Morgan fingerprint density at radius 3 is 2.70 bits per heavy atom. The van der Waals surface area contributed by atoms with Crippen molar-refractivity contribution in [2.24, 2.45) is 4.99 Å². The van der Waals surface area contributed by atoms with Crippen molar-refractivity contribution in [3.63, 3.8) is 0 Å². The molecule has 1 aliphatic heterocycles. The maximum atomic E-state index is 12.9. The summed E-state index contributed by atoms with van der Waals surface area (Å²) in [4.78, 5) is 18.0. The third kappa shape index (κ3) is 8.69. The highest BCUT2D eigenvalue weighted by atomic mass is 127. The molecule has 1 fully saturated rings. The number of nitrogens with one attached hydrogen (secondary N) is 2. The minimum absolute atomic E-state index is 0. The Labute approximate surface area is 193 Å². The Balaban J connectivity index is 0.00000450. The van der Waals surface area contributed by atoms with Crippen molar-refractivity contribution >= 4 is 35.8 Å². The zero-order valence-corrected chi connectivity index (χ0v) is 19.9. The van der Waals surface area contributed by atoms with Crippen molar-refractivity contribution in [2.75, 3.05) is 32.7 Å². The summed E-state index contributed by atoms with van der Waals surface area (Å²) in [5.41, 5.74) is 0.0695. The third-order valence-electron chi connectivity index (χ3n) is 5.02. The van der Waals surface area contributed by atoms with Crippen molar-refractivity contribution in [2.45, 2.75) is 51.6 Å². The maximum absolute atomic E-state index is 12.9. The summed E-state index contributed by atoms with van der Waals surface area (Å²) in [6.07, 6.45) is -1.23. The van der Waals surface area contributed by atoms with Crippen LogP contribution in [0.25, 0.3) is 0 Å². The summed E-state index contributed by atoms with van der Waals surface area (Å²) in [7, 11) is 0. The molecule has 1 amide bonds. The number of hydrogen-bond donors (Lipinski definition) is 2. The van der Waals surface area contributed by atoms with Gasteiger partial charge < -0.3 is 15.5 Å². The van der Waals surface area contributed by atoms with E-state index < -0.39 is 11.7 Å². The fourth-order valence-electron chi connectivity index (χ4n) is 3.33. The van der Waals surface area contributed by atoms with Crippen LogP contribution in [-0.2, 0) is 11.0 Å². The molecule has 1 aliphatic rings. The summed E-state index contributed by atoms with van der Waals surface area (Å²) in [6, 6.07) is 5.52. The van der Waals surface area contributed by atoms with Crippen LogP contribution in [0, 0.1) is 0 Å². The zero-order valence-electron chi connectivity index (χ0n) is 17.6. The number of benzene rings is 1. The lowest BCUT2D eigenvalue weighted by molar-refractivity contribution is -0.137. The van der Waals surface area contributed by atoms with E-state index in [4.69, 9.17) is 0 Å². The first-order valence-electron chi connectivity index (χ1n) is 10.3. The highest BCUT2D eigenvalue weighted by molar-refractivity contribution is 14.0. The molecular formula is C21H32F3IN4O. The number of guanidine groups is 1. The van der Waals surface area contributed by atoms with Crippen LogP contribution >= 0.6 is 24.0 Å². The number of carbonyl (C=O) groups is 1. The molecule has 1 saturated heterocycles. The van der Waals surface area contributed by atoms with Gasteiger partial charge >= 0.3 is 6.18 Å². The van der Waals surface area contributed by atoms with Gasteiger partial charge in [-0.25, -0.2) is 0 Å². The van der Waals surface area contributed by atoms with Gasteiger partial charge in [-0.15, -0.1) is 24.0 Å². The van der Waals surface area contributed by atoms with Gasteiger partial charge in [0.05, 0.1) is 5.56 Å². The van der Waals surface area contributed by atoms with Crippen LogP contribution in [0.2, 0.25) is 0 Å². The van der Waals surface area contributed by atoms with Crippen LogP contribution < -0.4 is 10.6 Å². The molecule has 1 aromatic carbocycles. The van der Waals surface area contributed by atoms with E-state index in [0.29, 0.717) is 37.5 Å². The summed E-state index contributed by atoms with van der Waals surface area (Å²) < 4.78 is 38.7. The number of hydrogen-bond acceptors (Lipinski definition) is 2. The number of aliphatic imine (C=N–C) groups is 1. The van der Waals surface area contributed by atoms with Gasteiger partial charge in [-0.2, -0.15) is 13.2 Å². The lowest BCUT2D eigenvalue weighted by atomic mass is 9.96. The molecule has 0 bridgehead atoms. The largest absolute Gasteiger partial charge is 0.416 e. The number of halogens is 4. The molecule has 1 heterocycles. The number of carbonyl (C=O) groups excluding carboxylic acids is 1. The molecule has 0 saturated carbocycles. The second kappa shape index (κ2) is 13.0. The standard InChI is InChI=1S/C21H31F3N4O.HI/c1-3-25-20(26-11-6-14-28-13-5-9-19(28)29)27-12-10-16(2)17-7-4-8-18(15-17)21(22,23)24;/h4,7-8,15-16H,3,5-6,9-14H2,1-2H3,(H2,25,26,27);1H. The fraction of sp³-hybridized carbons (Fsp3) is 0.619. The zero-order chi connectivity index (χ0) is 21.3. The predicted molar refractivity (Wildman–Crippen MR) is 124 cm³/mol. The molecule has 5 nitrogen and oxygen atoms in total. The smallest absolute Gasteiger partial charge is 0.357 e. The molecule has 0 aromatic heterocycles. The maximum Gasteiger partial charge on any atom is 0.416 e. The van der Waals surface area contributed by atoms with E-state index in [1.807, 2.05) is 18.7 Å². The lowest BCUT2D eigenvalue weighted by Gasteiger charge is -2.17. The second-order valence-electron chi connectivity index (χ2n) is 7.34. The summed E-state index contributed by atoms with van der Waals surface area (Å²) in [6.45, 7) is 7.41. The van der Waals surface area contributed by atoms with Crippen molar-refractivity contribution in [1.29, 1.82) is 0 Å². The molecule has 2 N–H and O–H groups in total. The molecule has 0 radical (unpaired) electrons. The van der Waals surface area contributed by atoms with Gasteiger partial charge in [-0.3, -0.25) is 9.79 Å². The van der Waals surface area contributed by atoms with Crippen molar-refractivity contribution < 1.29 is 18.0 Å². The van der Waals surface area contributed by atoms with Gasteiger partial charge in [0.15, 0.2) is 5.96 Å². The molecule has 2 rings (SSSR count). The number of likely N-dealkylation sites (tertiary alicyclic amines) is 1. The van der Waals surface area contributed by atoms with E-state index in [2.05, 4.69) is 15.6 Å². The van der Waals surface area contributed by atoms with Crippen molar-refractivity contribution in [3.8, 4) is 0 Å². The van der Waals surface area contributed by atoms with Gasteiger partial charge in [0.25, 0.3) is 0 Å². The summed E-state index contributed by atoms with van der Waals surface area (Å²) in [5.74, 6) is 0.910. The second-order valence-corrected chi connectivity index (χ2v) is 7.34. The van der Waals surface area contributed by atoms with Crippen LogP contribution in [0.4, 0.5) is 13.2 Å². The van der Waals surface area contributed by atoms with Gasteiger partial charge in [-0.1, -0.05) is 25.1 Å². The first-order valence-corrected chi connectivity index (χ1v) is 10.3. The SMILES string of the molecule is CCNC(=NCCCN1CCCC1=O)NCCC(C)c1cccc(C(F)(F)F)c1.I. The van der Waals surface area contributed by atoms with E-state index in [1.54, 1.807) is 6.07 Å². The van der Waals surface area contributed by atoms with E-state index >= 15 is 0 Å². The molecule has 0 spiro atoms. The Morgan fingerprint density at radius 2 is 2.07 bits per heavy atom. The molecule has 170 valence electrons. The van der Waals surface area contributed by atoms with Gasteiger partial charge in [0.2, 0.25) is 5.91 Å². The molecule has 9 heteroatoms. The van der Waals surface area contributed by atoms with Crippen LogP contribution in [0.15, 0.2) is 29.3 Å². The third-order valence-corrected chi connectivity index (χ3v) is 5.02. The molecule has 1 aromatic rings. The average Bonchev–Trinajstić information content (AvgIpc) is 3.09.